The Bertz CT molecular complexity index is 400. The van der Waals surface area contributed by atoms with E-state index in [0.717, 1.165) is 18.4 Å². The van der Waals surface area contributed by atoms with E-state index >= 15 is 0 Å². The molecule has 0 rings (SSSR count). The van der Waals surface area contributed by atoms with Crippen molar-refractivity contribution < 1.29 is 10.2 Å². The molecule has 0 atom stereocenters. The molecule has 0 aromatic heterocycles. The van der Waals surface area contributed by atoms with Gasteiger partial charge in [-0.15, -0.1) is 0 Å². The number of hydrogen-bond acceptors (Lipinski definition) is 2. The monoisotopic (exact) mass is 368 g/mol. The zero-order valence-electron chi connectivity index (χ0n) is 19.9. The zero-order valence-corrected chi connectivity index (χ0v) is 19.9. The van der Waals surface area contributed by atoms with Crippen LogP contribution in [0, 0.1) is 21.7 Å². The molecule has 0 unspecified atom stereocenters. The summed E-state index contributed by atoms with van der Waals surface area (Å²) in [6.45, 7) is 29.6. The zero-order chi connectivity index (χ0) is 21.4. The van der Waals surface area contributed by atoms with Crippen molar-refractivity contribution in [2.24, 2.45) is 21.7 Å². The predicted octanol–water partition coefficient (Wildman–Crippen LogP) is 6.75. The maximum atomic E-state index is 11.4. The summed E-state index contributed by atoms with van der Waals surface area (Å²) in [5.41, 5.74) is -1.25. The predicted molar refractivity (Wildman–Crippen MR) is 115 cm³/mol. The molecule has 2 heteroatoms. The number of hydrogen-bond donors (Lipinski definition) is 2. The highest BCUT2D eigenvalue weighted by molar-refractivity contribution is 5.07. The second kappa shape index (κ2) is 7.59. The fraction of sp³-hybridized carbons (Fsp3) is 0.917. The molecule has 0 spiro atoms. The minimum atomic E-state index is -0.771. The van der Waals surface area contributed by atoms with Gasteiger partial charge in [0, 0.05) is 0 Å². The second-order valence-electron chi connectivity index (χ2n) is 12.5. The largest absolute Gasteiger partial charge is 0.389 e. The smallest absolute Gasteiger partial charge is 0.0746 e. The van der Waals surface area contributed by atoms with E-state index in [1.54, 1.807) is 0 Å². The van der Waals surface area contributed by atoms with E-state index in [4.69, 9.17) is 0 Å². The molecule has 156 valence electrons. The molecule has 0 fully saturated rings. The average Bonchev–Trinajstić information content (AvgIpc) is 2.36. The molecule has 26 heavy (non-hydrogen) atoms. The van der Waals surface area contributed by atoms with Gasteiger partial charge in [0.1, 0.15) is 0 Å². The van der Waals surface area contributed by atoms with Crippen molar-refractivity contribution in [2.45, 2.75) is 120 Å². The van der Waals surface area contributed by atoms with Crippen LogP contribution in [0.1, 0.15) is 109 Å². The van der Waals surface area contributed by atoms with Crippen LogP contribution >= 0.6 is 0 Å². The second-order valence-corrected chi connectivity index (χ2v) is 12.5. The minimum Gasteiger partial charge on any atom is -0.389 e. The molecule has 0 aliphatic rings. The Hall–Kier alpha value is -0.340. The highest BCUT2D eigenvalue weighted by atomic mass is 16.3. The first-order valence-electron chi connectivity index (χ1n) is 10.2. The molecule has 0 heterocycles. The summed E-state index contributed by atoms with van der Waals surface area (Å²) < 4.78 is 0. The fourth-order valence-corrected chi connectivity index (χ4v) is 4.59. The minimum absolute atomic E-state index is 0.205. The normalized spacial score (nSPS) is 15.3. The molecule has 2 N–H and O–H groups in total. The van der Waals surface area contributed by atoms with E-state index in [-0.39, 0.29) is 21.7 Å². The van der Waals surface area contributed by atoms with Crippen molar-refractivity contribution in [1.82, 2.24) is 0 Å². The first-order valence-corrected chi connectivity index (χ1v) is 10.2. The highest BCUT2D eigenvalue weighted by Gasteiger charge is 2.50. The quantitative estimate of drug-likeness (QED) is 0.509. The van der Waals surface area contributed by atoms with E-state index in [1.165, 1.54) is 0 Å². The SMILES string of the molecule is C=C(CCC(O)(C(C)(C)C)C(C)(C)C)CCC(O)(C(C)(C)C)C(C)(C)C. The molecule has 0 amide bonds. The van der Waals surface area contributed by atoms with Crippen LogP contribution in [0.3, 0.4) is 0 Å². The summed E-state index contributed by atoms with van der Waals surface area (Å²) in [7, 11) is 0. The van der Waals surface area contributed by atoms with E-state index < -0.39 is 11.2 Å². The molecule has 0 radical (unpaired) electrons. The Morgan fingerprint density at radius 2 is 0.731 bits per heavy atom. The lowest BCUT2D eigenvalue weighted by atomic mass is 9.59. The Morgan fingerprint density at radius 3 is 0.885 bits per heavy atom. The van der Waals surface area contributed by atoms with Crippen LogP contribution in [0.4, 0.5) is 0 Å². The Balaban J connectivity index is 5.17. The summed E-state index contributed by atoms with van der Waals surface area (Å²) in [5.74, 6) is 0. The lowest BCUT2D eigenvalue weighted by Crippen LogP contribution is -2.53. The third-order valence-corrected chi connectivity index (χ3v) is 6.64. The van der Waals surface area contributed by atoms with E-state index in [9.17, 15) is 10.2 Å². The van der Waals surface area contributed by atoms with Crippen LogP contribution < -0.4 is 0 Å². The third-order valence-electron chi connectivity index (χ3n) is 6.64. The van der Waals surface area contributed by atoms with Crippen molar-refractivity contribution in [2.75, 3.05) is 0 Å². The molecule has 0 aromatic carbocycles. The lowest BCUT2D eigenvalue weighted by Gasteiger charge is -2.51. The third kappa shape index (κ3) is 5.35. The first-order chi connectivity index (χ1) is 11.1. The van der Waals surface area contributed by atoms with Crippen molar-refractivity contribution >= 4 is 0 Å². The molecule has 0 bridgehead atoms. The molecule has 0 aliphatic heterocycles. The van der Waals surface area contributed by atoms with Crippen LogP contribution in [-0.4, -0.2) is 21.4 Å². The molecule has 2 nitrogen and oxygen atoms in total. The van der Waals surface area contributed by atoms with Gasteiger partial charge in [-0.25, -0.2) is 0 Å². The van der Waals surface area contributed by atoms with Gasteiger partial charge >= 0.3 is 0 Å². The molecule has 0 aromatic rings. The maximum Gasteiger partial charge on any atom is 0.0746 e. The molecule has 0 aliphatic carbocycles. The first kappa shape index (κ1) is 25.7. The number of aliphatic hydroxyl groups is 2. The van der Waals surface area contributed by atoms with Crippen LogP contribution in [0.2, 0.25) is 0 Å². The van der Waals surface area contributed by atoms with Crippen LogP contribution in [0.5, 0.6) is 0 Å². The summed E-state index contributed by atoms with van der Waals surface area (Å²) >= 11 is 0. The lowest BCUT2D eigenvalue weighted by molar-refractivity contribution is -0.144. The van der Waals surface area contributed by atoms with Gasteiger partial charge in [-0.05, 0) is 47.3 Å². The topological polar surface area (TPSA) is 40.5 Å². The van der Waals surface area contributed by atoms with Crippen LogP contribution in [-0.2, 0) is 0 Å². The van der Waals surface area contributed by atoms with Gasteiger partial charge < -0.3 is 10.2 Å². The number of allylic oxidation sites excluding steroid dienone is 1. The van der Waals surface area contributed by atoms with Crippen LogP contribution in [0.15, 0.2) is 12.2 Å². The molecule has 0 saturated carbocycles. The Labute approximate surface area is 164 Å². The van der Waals surface area contributed by atoms with Gasteiger partial charge in [-0.3, -0.25) is 0 Å². The summed E-state index contributed by atoms with van der Waals surface area (Å²) in [5, 5.41) is 22.9. The summed E-state index contributed by atoms with van der Waals surface area (Å²) in [6.07, 6.45) is 2.97. The van der Waals surface area contributed by atoms with Crippen molar-refractivity contribution in [3.8, 4) is 0 Å². The highest BCUT2D eigenvalue weighted by Crippen LogP contribution is 2.49. The molecular weight excluding hydrogens is 320 g/mol. The van der Waals surface area contributed by atoms with Crippen molar-refractivity contribution in [3.05, 3.63) is 12.2 Å². The van der Waals surface area contributed by atoms with E-state index in [2.05, 4.69) is 89.7 Å². The summed E-state index contributed by atoms with van der Waals surface area (Å²) in [6, 6.07) is 0. The Kier molecular flexibility index (Phi) is 7.49. The standard InChI is InChI=1S/C24H48O2/c1-18(14-16-23(25,19(2,3)4)20(5,6)7)15-17-24(26,21(8,9)10)22(11,12)13/h25-26H,1,14-17H2,2-13H3. The Morgan fingerprint density at radius 1 is 0.538 bits per heavy atom. The fourth-order valence-electron chi connectivity index (χ4n) is 4.59. The van der Waals surface area contributed by atoms with E-state index in [0.29, 0.717) is 12.8 Å². The van der Waals surface area contributed by atoms with Gasteiger partial charge in [0.2, 0.25) is 0 Å². The van der Waals surface area contributed by atoms with Gasteiger partial charge in [-0.1, -0.05) is 95.2 Å². The van der Waals surface area contributed by atoms with E-state index in [1.807, 2.05) is 0 Å². The average molecular weight is 369 g/mol. The van der Waals surface area contributed by atoms with Gasteiger partial charge in [0.15, 0.2) is 0 Å². The van der Waals surface area contributed by atoms with Gasteiger partial charge in [0.25, 0.3) is 0 Å². The van der Waals surface area contributed by atoms with Gasteiger partial charge in [0.05, 0.1) is 11.2 Å². The van der Waals surface area contributed by atoms with Crippen LogP contribution in [0.25, 0.3) is 0 Å². The van der Waals surface area contributed by atoms with Crippen molar-refractivity contribution in [3.63, 3.8) is 0 Å². The van der Waals surface area contributed by atoms with Gasteiger partial charge in [-0.2, -0.15) is 0 Å². The molecule has 0 saturated heterocycles. The summed E-state index contributed by atoms with van der Waals surface area (Å²) in [4.78, 5) is 0. The van der Waals surface area contributed by atoms with Crippen molar-refractivity contribution in [1.29, 1.82) is 0 Å². The maximum absolute atomic E-state index is 11.4. The number of rotatable bonds is 6. The molecular formula is C24H48O2.